The summed E-state index contributed by atoms with van der Waals surface area (Å²) in [5.41, 5.74) is 1.35. The van der Waals surface area contributed by atoms with Crippen LogP contribution in [0.25, 0.3) is 0 Å². The van der Waals surface area contributed by atoms with Crippen molar-refractivity contribution in [2.24, 2.45) is 57.7 Å². The predicted octanol–water partition coefficient (Wildman–Crippen LogP) is 10.7. The van der Waals surface area contributed by atoms with Crippen molar-refractivity contribution in [2.75, 3.05) is 0 Å². The molecule has 0 aromatic carbocycles. The van der Waals surface area contributed by atoms with E-state index in [1.165, 1.54) is 51.4 Å². The van der Waals surface area contributed by atoms with Crippen molar-refractivity contribution in [1.29, 1.82) is 0 Å². The van der Waals surface area contributed by atoms with Gasteiger partial charge >= 0.3 is 0 Å². The third kappa shape index (κ3) is 6.12. The Morgan fingerprint density at radius 3 is 1.84 bits per heavy atom. The van der Waals surface area contributed by atoms with E-state index in [1.54, 1.807) is 0 Å². The first-order valence-electron chi connectivity index (χ1n) is 14.3. The molecule has 0 aromatic rings. The maximum absolute atomic E-state index is 2.67. The number of hydrogen-bond donors (Lipinski definition) is 0. The first-order chi connectivity index (χ1) is 14.3. The summed E-state index contributed by atoms with van der Waals surface area (Å²) < 4.78 is 0. The van der Waals surface area contributed by atoms with Crippen molar-refractivity contribution >= 4 is 0 Å². The first-order valence-corrected chi connectivity index (χ1v) is 14.3. The Labute approximate surface area is 199 Å². The summed E-state index contributed by atoms with van der Waals surface area (Å²) in [7, 11) is 0. The van der Waals surface area contributed by atoms with E-state index in [0.29, 0.717) is 16.2 Å². The van der Waals surface area contributed by atoms with E-state index in [4.69, 9.17) is 0 Å². The van der Waals surface area contributed by atoms with Gasteiger partial charge in [0.2, 0.25) is 0 Å². The molecule has 186 valence electrons. The Balaban J connectivity index is 3.35. The Hall–Kier alpha value is 0. The molecule has 7 atom stereocenters. The van der Waals surface area contributed by atoms with E-state index < -0.39 is 0 Å². The third-order valence-electron chi connectivity index (χ3n) is 11.7. The van der Waals surface area contributed by atoms with Gasteiger partial charge in [-0.05, 0) is 89.8 Å². The zero-order valence-electron chi connectivity index (χ0n) is 24.2. The normalized spacial score (nSPS) is 35.1. The fraction of sp³-hybridized carbons (Fsp3) is 1.00. The molecular weight excluding hydrogens is 372 g/mol. The highest BCUT2D eigenvalue weighted by Crippen LogP contribution is 2.59. The topological polar surface area (TPSA) is 0 Å². The van der Waals surface area contributed by atoms with Crippen molar-refractivity contribution < 1.29 is 0 Å². The average molecular weight is 435 g/mol. The van der Waals surface area contributed by atoms with Crippen molar-refractivity contribution in [3.05, 3.63) is 0 Å². The summed E-state index contributed by atoms with van der Waals surface area (Å²) in [5.74, 6) is 5.81. The van der Waals surface area contributed by atoms with E-state index >= 15 is 0 Å². The van der Waals surface area contributed by atoms with Crippen LogP contribution >= 0.6 is 0 Å². The maximum Gasteiger partial charge on any atom is -0.0243 e. The molecule has 0 radical (unpaired) electrons. The summed E-state index contributed by atoms with van der Waals surface area (Å²) in [4.78, 5) is 0. The molecule has 0 saturated heterocycles. The van der Waals surface area contributed by atoms with Gasteiger partial charge in [0, 0.05) is 0 Å². The van der Waals surface area contributed by atoms with Gasteiger partial charge < -0.3 is 0 Å². The van der Waals surface area contributed by atoms with Gasteiger partial charge in [-0.25, -0.2) is 0 Å². The fourth-order valence-corrected chi connectivity index (χ4v) is 7.84. The lowest BCUT2D eigenvalue weighted by Crippen LogP contribution is -2.47. The second-order valence-electron chi connectivity index (χ2n) is 13.4. The molecule has 0 N–H and O–H groups in total. The smallest absolute Gasteiger partial charge is 0.0243 e. The molecule has 0 aliphatic heterocycles. The van der Waals surface area contributed by atoms with Gasteiger partial charge in [0.25, 0.3) is 0 Å². The highest BCUT2D eigenvalue weighted by molar-refractivity contribution is 5.00. The minimum atomic E-state index is 0.421. The summed E-state index contributed by atoms with van der Waals surface area (Å²) >= 11 is 0. The molecule has 1 rings (SSSR count). The summed E-state index contributed by atoms with van der Waals surface area (Å²) in [6, 6.07) is 0. The molecule has 0 spiro atoms. The van der Waals surface area contributed by atoms with Gasteiger partial charge in [0.1, 0.15) is 0 Å². The Morgan fingerprint density at radius 2 is 1.42 bits per heavy atom. The van der Waals surface area contributed by atoms with Crippen LogP contribution in [0.15, 0.2) is 0 Å². The van der Waals surface area contributed by atoms with E-state index in [2.05, 4.69) is 90.0 Å². The largest absolute Gasteiger partial charge is 0.0651 e. The van der Waals surface area contributed by atoms with Crippen LogP contribution in [0.5, 0.6) is 0 Å². The van der Waals surface area contributed by atoms with Gasteiger partial charge in [-0.1, -0.05) is 109 Å². The molecule has 1 saturated carbocycles. The lowest BCUT2D eigenvalue weighted by atomic mass is 9.49. The Bertz CT molecular complexity index is 512. The molecule has 0 aromatic heterocycles. The van der Waals surface area contributed by atoms with Crippen LogP contribution in [0.1, 0.15) is 141 Å². The second-order valence-corrected chi connectivity index (χ2v) is 13.4. The first kappa shape index (κ1) is 29.0. The summed E-state index contributed by atoms with van der Waals surface area (Å²) in [6.45, 7) is 32.9. The fourth-order valence-electron chi connectivity index (χ4n) is 7.84. The van der Waals surface area contributed by atoms with E-state index in [9.17, 15) is 0 Å². The third-order valence-corrected chi connectivity index (χ3v) is 11.7. The van der Waals surface area contributed by atoms with Crippen LogP contribution < -0.4 is 0 Å². The number of hydrogen-bond acceptors (Lipinski definition) is 0. The van der Waals surface area contributed by atoms with Gasteiger partial charge in [0.15, 0.2) is 0 Å². The van der Waals surface area contributed by atoms with Crippen LogP contribution in [0.2, 0.25) is 0 Å². The Kier molecular flexibility index (Phi) is 10.7. The molecule has 0 heteroatoms. The van der Waals surface area contributed by atoms with Gasteiger partial charge in [-0.2, -0.15) is 0 Å². The van der Waals surface area contributed by atoms with Crippen molar-refractivity contribution in [2.45, 2.75) is 141 Å². The predicted molar refractivity (Wildman–Crippen MR) is 142 cm³/mol. The van der Waals surface area contributed by atoms with Gasteiger partial charge in [-0.15, -0.1) is 0 Å². The lowest BCUT2D eigenvalue weighted by Gasteiger charge is -2.56. The summed E-state index contributed by atoms with van der Waals surface area (Å²) in [5, 5.41) is 0. The standard InChI is InChI=1S/C31H62/c1-14-27(15-2)25(9)28-19-18-23(7)31(17-4,21-30(13,16-3)26(28)10)24(8)20-29(11,12)22(5)6/h22-28H,14-21H2,1-13H3. The van der Waals surface area contributed by atoms with Crippen molar-refractivity contribution in [1.82, 2.24) is 0 Å². The van der Waals surface area contributed by atoms with Crippen LogP contribution in [0, 0.1) is 57.7 Å². The molecule has 0 amide bonds. The minimum absolute atomic E-state index is 0.421. The Morgan fingerprint density at radius 1 is 0.871 bits per heavy atom. The molecule has 1 aliphatic rings. The zero-order valence-corrected chi connectivity index (χ0v) is 24.2. The van der Waals surface area contributed by atoms with Crippen molar-refractivity contribution in [3.63, 3.8) is 0 Å². The molecule has 1 aliphatic carbocycles. The molecule has 1 fully saturated rings. The minimum Gasteiger partial charge on any atom is -0.0651 e. The second kappa shape index (κ2) is 11.4. The van der Waals surface area contributed by atoms with E-state index in [0.717, 1.165) is 41.4 Å². The monoisotopic (exact) mass is 434 g/mol. The molecule has 0 nitrogen and oxygen atoms in total. The van der Waals surface area contributed by atoms with Crippen molar-refractivity contribution in [3.8, 4) is 0 Å². The van der Waals surface area contributed by atoms with E-state index in [-0.39, 0.29) is 0 Å². The average Bonchev–Trinajstić information content (AvgIpc) is 2.71. The van der Waals surface area contributed by atoms with Gasteiger partial charge in [0.05, 0.1) is 0 Å². The molecule has 31 heavy (non-hydrogen) atoms. The van der Waals surface area contributed by atoms with Crippen LogP contribution in [-0.2, 0) is 0 Å². The van der Waals surface area contributed by atoms with Crippen LogP contribution in [0.4, 0.5) is 0 Å². The lowest BCUT2D eigenvalue weighted by molar-refractivity contribution is -0.0656. The molecule has 7 unspecified atom stereocenters. The quantitative estimate of drug-likeness (QED) is 0.320. The molecular formula is C31H62. The van der Waals surface area contributed by atoms with E-state index in [1.807, 2.05) is 0 Å². The molecule has 0 heterocycles. The zero-order chi connectivity index (χ0) is 24.2. The highest BCUT2D eigenvalue weighted by Gasteiger charge is 2.50. The van der Waals surface area contributed by atoms with Gasteiger partial charge in [-0.3, -0.25) is 0 Å². The molecule has 0 bridgehead atoms. The highest BCUT2D eigenvalue weighted by atomic mass is 14.6. The van der Waals surface area contributed by atoms with Crippen LogP contribution in [-0.4, -0.2) is 0 Å². The number of rotatable bonds is 10. The summed E-state index contributed by atoms with van der Waals surface area (Å²) in [6.07, 6.45) is 11.0. The maximum atomic E-state index is 2.67. The van der Waals surface area contributed by atoms with Crippen LogP contribution in [0.3, 0.4) is 0 Å². The SMILES string of the molecule is CCC(CC)C(C)C1CCC(C)C(CC)(C(C)CC(C)(C)C(C)C)CC(C)(CC)C1C.